The Morgan fingerprint density at radius 3 is 2.21 bits per heavy atom. The number of hydrazine groups is 1. The first-order valence-corrected chi connectivity index (χ1v) is 4.62. The number of hydrogen-bond acceptors (Lipinski definition) is 2. The predicted octanol–water partition coefficient (Wildman–Crippen LogP) is 2.04. The highest BCUT2D eigenvalue weighted by Gasteiger charge is 2.20. The molecule has 0 aliphatic rings. The Hall–Kier alpha value is -0.540. The molecule has 2 N–H and O–H groups in total. The van der Waals surface area contributed by atoms with E-state index < -0.39 is 0 Å². The fourth-order valence-corrected chi connectivity index (χ4v) is 0.684. The van der Waals surface area contributed by atoms with Crippen LogP contribution in [0.15, 0.2) is 12.2 Å². The average Bonchev–Trinajstić information content (AvgIpc) is 2.01. The van der Waals surface area contributed by atoms with E-state index >= 15 is 0 Å². The molecule has 0 aliphatic heterocycles. The summed E-state index contributed by atoms with van der Waals surface area (Å²) >= 11 is 0. The van der Waals surface area contributed by atoms with E-state index in [1.54, 1.807) is 0 Å². The average molecular weight is 221 g/mol. The van der Waals surface area contributed by atoms with Crippen LogP contribution >= 0.6 is 12.4 Å². The van der Waals surface area contributed by atoms with Crippen LogP contribution in [0.25, 0.3) is 0 Å². The van der Waals surface area contributed by atoms with E-state index in [4.69, 9.17) is 0 Å². The molecule has 84 valence electrons. The van der Waals surface area contributed by atoms with Crippen LogP contribution in [0.2, 0.25) is 0 Å². The largest absolute Gasteiger partial charge is 0.288 e. The Kier molecular flexibility index (Phi) is 7.78. The van der Waals surface area contributed by atoms with Crippen LogP contribution in [0, 0.1) is 5.41 Å². The molecule has 4 heteroatoms. The van der Waals surface area contributed by atoms with Gasteiger partial charge in [0.15, 0.2) is 0 Å². The van der Waals surface area contributed by atoms with Gasteiger partial charge in [0.1, 0.15) is 0 Å². The minimum absolute atomic E-state index is 0. The van der Waals surface area contributed by atoms with E-state index in [1.807, 2.05) is 27.7 Å². The number of nitrogens with one attached hydrogen (secondary N) is 2. The van der Waals surface area contributed by atoms with Crippen molar-refractivity contribution in [2.45, 2.75) is 34.1 Å². The van der Waals surface area contributed by atoms with Gasteiger partial charge in [0.05, 0.1) is 0 Å². The lowest BCUT2D eigenvalue weighted by Crippen LogP contribution is -2.40. The van der Waals surface area contributed by atoms with Crippen molar-refractivity contribution in [2.24, 2.45) is 5.41 Å². The molecule has 0 saturated heterocycles. The second-order valence-electron chi connectivity index (χ2n) is 4.11. The molecule has 0 heterocycles. The van der Waals surface area contributed by atoms with E-state index in [-0.39, 0.29) is 23.7 Å². The fraction of sp³-hybridized carbons (Fsp3) is 0.700. The van der Waals surface area contributed by atoms with Crippen molar-refractivity contribution >= 4 is 18.3 Å². The molecule has 0 atom stereocenters. The standard InChI is InChI=1S/C10H20N2O.ClH/c1-6-7-11-12-9(13)8(2)10(3,4)5;/h11H,2,6-7H2,1,3-5H3,(H,12,13);1H. The summed E-state index contributed by atoms with van der Waals surface area (Å²) in [5.41, 5.74) is 5.85. The van der Waals surface area contributed by atoms with Gasteiger partial charge in [-0.25, -0.2) is 5.43 Å². The van der Waals surface area contributed by atoms with Gasteiger partial charge >= 0.3 is 0 Å². The lowest BCUT2D eigenvalue weighted by molar-refractivity contribution is -0.119. The Labute approximate surface area is 92.7 Å². The summed E-state index contributed by atoms with van der Waals surface area (Å²) in [7, 11) is 0. The van der Waals surface area contributed by atoms with E-state index in [9.17, 15) is 4.79 Å². The third kappa shape index (κ3) is 6.00. The molecule has 0 saturated carbocycles. The van der Waals surface area contributed by atoms with Crippen molar-refractivity contribution in [1.29, 1.82) is 0 Å². The number of halogens is 1. The van der Waals surface area contributed by atoms with Gasteiger partial charge in [0.2, 0.25) is 0 Å². The second-order valence-corrected chi connectivity index (χ2v) is 4.11. The summed E-state index contributed by atoms with van der Waals surface area (Å²) in [5.74, 6) is -0.124. The third-order valence-electron chi connectivity index (χ3n) is 1.76. The first kappa shape index (κ1) is 15.9. The SMILES string of the molecule is C=C(C(=O)NNCCC)C(C)(C)C.Cl. The van der Waals surface area contributed by atoms with Gasteiger partial charge in [-0.15, -0.1) is 12.4 Å². The molecule has 1 amide bonds. The molecule has 14 heavy (non-hydrogen) atoms. The van der Waals surface area contributed by atoms with Gasteiger partial charge in [-0.1, -0.05) is 34.3 Å². The first-order valence-electron chi connectivity index (χ1n) is 4.62. The number of carbonyl (C=O) groups excluding carboxylic acids is 1. The van der Waals surface area contributed by atoms with Crippen molar-refractivity contribution in [2.75, 3.05) is 6.54 Å². The molecule has 0 unspecified atom stereocenters. The second kappa shape index (κ2) is 6.85. The van der Waals surface area contributed by atoms with E-state index in [0.717, 1.165) is 13.0 Å². The van der Waals surface area contributed by atoms with Crippen LogP contribution in [0.3, 0.4) is 0 Å². The Morgan fingerprint density at radius 2 is 1.86 bits per heavy atom. The van der Waals surface area contributed by atoms with Gasteiger partial charge in [-0.3, -0.25) is 10.2 Å². The van der Waals surface area contributed by atoms with Crippen LogP contribution in [0.4, 0.5) is 0 Å². The lowest BCUT2D eigenvalue weighted by Gasteiger charge is -2.20. The topological polar surface area (TPSA) is 41.1 Å². The zero-order chi connectivity index (χ0) is 10.5. The molecule has 0 aromatic carbocycles. The van der Waals surface area contributed by atoms with Crippen molar-refractivity contribution in [3.8, 4) is 0 Å². The fourth-order valence-electron chi connectivity index (χ4n) is 0.684. The Balaban J connectivity index is 0. The van der Waals surface area contributed by atoms with Gasteiger partial charge in [-0.2, -0.15) is 0 Å². The van der Waals surface area contributed by atoms with Crippen LogP contribution in [-0.2, 0) is 4.79 Å². The predicted molar refractivity (Wildman–Crippen MR) is 62.3 cm³/mol. The molecule has 0 aromatic heterocycles. The smallest absolute Gasteiger partial charge is 0.261 e. The molecule has 0 rings (SSSR count). The zero-order valence-corrected chi connectivity index (χ0v) is 10.3. The van der Waals surface area contributed by atoms with Crippen LogP contribution in [-0.4, -0.2) is 12.5 Å². The van der Waals surface area contributed by atoms with Gasteiger partial charge in [-0.05, 0) is 11.8 Å². The Bertz CT molecular complexity index is 197. The number of amides is 1. The number of carbonyl (C=O) groups is 1. The van der Waals surface area contributed by atoms with Gasteiger partial charge in [0, 0.05) is 12.1 Å². The van der Waals surface area contributed by atoms with Crippen molar-refractivity contribution < 1.29 is 4.79 Å². The minimum Gasteiger partial charge on any atom is -0.288 e. The van der Waals surface area contributed by atoms with E-state index in [1.165, 1.54) is 0 Å². The maximum atomic E-state index is 11.4. The highest BCUT2D eigenvalue weighted by molar-refractivity contribution is 5.93. The van der Waals surface area contributed by atoms with Crippen LogP contribution in [0.1, 0.15) is 34.1 Å². The Morgan fingerprint density at radius 1 is 1.36 bits per heavy atom. The van der Waals surface area contributed by atoms with Crippen molar-refractivity contribution in [3.63, 3.8) is 0 Å². The zero-order valence-electron chi connectivity index (χ0n) is 9.44. The van der Waals surface area contributed by atoms with Gasteiger partial charge in [0.25, 0.3) is 5.91 Å². The summed E-state index contributed by atoms with van der Waals surface area (Å²) in [5, 5.41) is 0. The summed E-state index contributed by atoms with van der Waals surface area (Å²) in [6.07, 6.45) is 0.988. The molecule has 0 radical (unpaired) electrons. The summed E-state index contributed by atoms with van der Waals surface area (Å²) in [4.78, 5) is 11.4. The van der Waals surface area contributed by atoms with Crippen molar-refractivity contribution in [3.05, 3.63) is 12.2 Å². The first-order chi connectivity index (χ1) is 5.89. The number of hydrogen-bond donors (Lipinski definition) is 2. The molecule has 3 nitrogen and oxygen atoms in total. The monoisotopic (exact) mass is 220 g/mol. The highest BCUT2D eigenvalue weighted by atomic mass is 35.5. The molecule has 0 fully saturated rings. The summed E-state index contributed by atoms with van der Waals surface area (Å²) in [6.45, 7) is 12.5. The maximum absolute atomic E-state index is 11.4. The van der Waals surface area contributed by atoms with E-state index in [2.05, 4.69) is 17.4 Å². The van der Waals surface area contributed by atoms with Crippen molar-refractivity contribution in [1.82, 2.24) is 10.9 Å². The summed E-state index contributed by atoms with van der Waals surface area (Å²) < 4.78 is 0. The van der Waals surface area contributed by atoms with E-state index in [0.29, 0.717) is 5.57 Å². The molecule has 0 aliphatic carbocycles. The van der Waals surface area contributed by atoms with Crippen LogP contribution < -0.4 is 10.9 Å². The third-order valence-corrected chi connectivity index (χ3v) is 1.76. The molecule has 0 spiro atoms. The highest BCUT2D eigenvalue weighted by Crippen LogP contribution is 2.22. The number of rotatable bonds is 4. The normalized spacial score (nSPS) is 10.3. The molecule has 0 aromatic rings. The lowest BCUT2D eigenvalue weighted by atomic mass is 9.87. The van der Waals surface area contributed by atoms with Crippen LogP contribution in [0.5, 0.6) is 0 Å². The summed E-state index contributed by atoms with van der Waals surface area (Å²) in [6, 6.07) is 0. The quantitative estimate of drug-likeness (QED) is 0.433. The molecule has 0 bridgehead atoms. The molecular formula is C10H21ClN2O. The maximum Gasteiger partial charge on any atom is 0.261 e. The minimum atomic E-state index is -0.169. The molecular weight excluding hydrogens is 200 g/mol. The van der Waals surface area contributed by atoms with Gasteiger partial charge < -0.3 is 0 Å².